The van der Waals surface area contributed by atoms with E-state index in [1.807, 2.05) is 0 Å². The molecule has 0 unspecified atom stereocenters. The lowest BCUT2D eigenvalue weighted by molar-refractivity contribution is 0.0674. The van der Waals surface area contributed by atoms with Crippen molar-refractivity contribution in [2.75, 3.05) is 11.9 Å². The number of nitrogens with zero attached hydrogens (tertiary/aromatic N) is 1. The molecule has 218 valence electrons. The van der Waals surface area contributed by atoms with Gasteiger partial charge in [0.1, 0.15) is 29.9 Å². The first kappa shape index (κ1) is 28.9. The minimum atomic E-state index is -1.39. The van der Waals surface area contributed by atoms with E-state index in [0.29, 0.717) is 41.8 Å². The van der Waals surface area contributed by atoms with Crippen LogP contribution in [0.3, 0.4) is 0 Å². The molecule has 1 aliphatic rings. The van der Waals surface area contributed by atoms with Gasteiger partial charge in [-0.15, -0.1) is 0 Å². The standard InChI is InChI=1S/C31H27F4N3O4/c32-20-11-25(34)23(26(35)12-20)15-36-13-19-16-38(21-9-10-22-24(33)7-4-8-27(22)37-14-21)28(31(40)41)30(29(19)39)42-17-18-5-2-1-3-6-18/h1-8,11-12,16,21,36-37H,9-10,13-15,17H2,(H,40,41)/t21-/m1/s1. The number of nitrogens with one attached hydrogen (secondary N) is 2. The zero-order valence-corrected chi connectivity index (χ0v) is 22.3. The summed E-state index contributed by atoms with van der Waals surface area (Å²) in [6.07, 6.45) is 2.03. The number of carboxylic acids is 1. The van der Waals surface area contributed by atoms with Crippen molar-refractivity contribution in [3.8, 4) is 5.75 Å². The summed E-state index contributed by atoms with van der Waals surface area (Å²) in [5, 5.41) is 16.2. The van der Waals surface area contributed by atoms with Crippen LogP contribution in [0.1, 0.15) is 45.2 Å². The van der Waals surface area contributed by atoms with Crippen LogP contribution in [0, 0.1) is 23.3 Å². The molecule has 0 fully saturated rings. The van der Waals surface area contributed by atoms with Crippen LogP contribution < -0.4 is 20.8 Å². The first-order chi connectivity index (χ1) is 20.2. The fraction of sp³-hybridized carbons (Fsp3) is 0.226. The summed E-state index contributed by atoms with van der Waals surface area (Å²) in [5.74, 6) is -5.38. The summed E-state index contributed by atoms with van der Waals surface area (Å²) in [5.41, 5.74) is 0.375. The summed E-state index contributed by atoms with van der Waals surface area (Å²) in [6, 6.07) is 14.1. The van der Waals surface area contributed by atoms with E-state index in [1.54, 1.807) is 42.5 Å². The van der Waals surface area contributed by atoms with Crippen LogP contribution in [-0.2, 0) is 26.1 Å². The number of rotatable bonds is 9. The molecule has 2 heterocycles. The number of carboxylic acid groups (broad SMARTS) is 1. The van der Waals surface area contributed by atoms with E-state index in [9.17, 15) is 32.3 Å². The molecule has 0 radical (unpaired) electrons. The van der Waals surface area contributed by atoms with E-state index in [2.05, 4.69) is 10.6 Å². The molecular formula is C31H27F4N3O4. The minimum Gasteiger partial charge on any atom is -0.482 e. The fourth-order valence-corrected chi connectivity index (χ4v) is 5.07. The number of ether oxygens (including phenoxy) is 1. The van der Waals surface area contributed by atoms with Crippen LogP contribution in [-0.4, -0.2) is 22.2 Å². The minimum absolute atomic E-state index is 0.0823. The zero-order chi connectivity index (χ0) is 29.8. The van der Waals surface area contributed by atoms with Crippen molar-refractivity contribution in [3.05, 3.63) is 128 Å². The van der Waals surface area contributed by atoms with Gasteiger partial charge < -0.3 is 25.0 Å². The Balaban J connectivity index is 1.50. The van der Waals surface area contributed by atoms with Crippen molar-refractivity contribution in [3.63, 3.8) is 0 Å². The molecule has 42 heavy (non-hydrogen) atoms. The van der Waals surface area contributed by atoms with Gasteiger partial charge in [0, 0.05) is 60.3 Å². The fourth-order valence-electron chi connectivity index (χ4n) is 5.07. The summed E-state index contributed by atoms with van der Waals surface area (Å²) in [4.78, 5) is 26.1. The second-order valence-corrected chi connectivity index (χ2v) is 9.94. The molecule has 0 bridgehead atoms. The Kier molecular flexibility index (Phi) is 8.58. The Bertz CT molecular complexity index is 1650. The van der Waals surface area contributed by atoms with Gasteiger partial charge in [0.2, 0.25) is 5.43 Å². The van der Waals surface area contributed by atoms with Crippen molar-refractivity contribution >= 4 is 11.7 Å². The highest BCUT2D eigenvalue weighted by molar-refractivity contribution is 5.89. The molecule has 3 aromatic carbocycles. The van der Waals surface area contributed by atoms with Crippen molar-refractivity contribution in [2.24, 2.45) is 0 Å². The Morgan fingerprint density at radius 2 is 1.74 bits per heavy atom. The molecule has 1 atom stereocenters. The predicted octanol–water partition coefficient (Wildman–Crippen LogP) is 5.57. The average molecular weight is 582 g/mol. The van der Waals surface area contributed by atoms with Gasteiger partial charge in [-0.2, -0.15) is 0 Å². The maximum absolute atomic E-state index is 14.5. The third-order valence-electron chi connectivity index (χ3n) is 7.19. The van der Waals surface area contributed by atoms with Crippen LogP contribution in [0.25, 0.3) is 0 Å². The quantitative estimate of drug-likeness (QED) is 0.224. The number of benzene rings is 3. The molecule has 0 aliphatic carbocycles. The van der Waals surface area contributed by atoms with Crippen LogP contribution in [0.5, 0.6) is 5.75 Å². The summed E-state index contributed by atoms with van der Waals surface area (Å²) in [7, 11) is 0. The molecule has 0 saturated carbocycles. The number of hydrogen-bond donors (Lipinski definition) is 3. The topological polar surface area (TPSA) is 92.6 Å². The van der Waals surface area contributed by atoms with E-state index in [0.717, 1.165) is 0 Å². The van der Waals surface area contributed by atoms with E-state index in [4.69, 9.17) is 4.74 Å². The molecular weight excluding hydrogens is 554 g/mol. The first-order valence-corrected chi connectivity index (χ1v) is 13.3. The number of halogens is 4. The van der Waals surface area contributed by atoms with Gasteiger partial charge in [-0.3, -0.25) is 4.79 Å². The van der Waals surface area contributed by atoms with Gasteiger partial charge in [0.15, 0.2) is 11.4 Å². The number of carbonyl (C=O) groups is 1. The monoisotopic (exact) mass is 581 g/mol. The summed E-state index contributed by atoms with van der Waals surface area (Å²) < 4.78 is 63.4. The maximum atomic E-state index is 14.5. The number of pyridine rings is 1. The van der Waals surface area contributed by atoms with Gasteiger partial charge in [-0.1, -0.05) is 36.4 Å². The average Bonchev–Trinajstić information content (AvgIpc) is 3.18. The van der Waals surface area contributed by atoms with E-state index in [-0.39, 0.29) is 43.3 Å². The lowest BCUT2D eigenvalue weighted by Gasteiger charge is -2.24. The van der Waals surface area contributed by atoms with E-state index in [1.165, 1.54) is 16.8 Å². The van der Waals surface area contributed by atoms with E-state index < -0.39 is 46.2 Å². The van der Waals surface area contributed by atoms with Crippen molar-refractivity contribution < 1.29 is 32.2 Å². The summed E-state index contributed by atoms with van der Waals surface area (Å²) >= 11 is 0. The van der Waals surface area contributed by atoms with Crippen molar-refractivity contribution in [2.45, 2.75) is 38.6 Å². The number of anilines is 1. The van der Waals surface area contributed by atoms with Gasteiger partial charge in [-0.25, -0.2) is 22.4 Å². The van der Waals surface area contributed by atoms with Gasteiger partial charge in [0.25, 0.3) is 0 Å². The molecule has 1 aromatic heterocycles. The second kappa shape index (κ2) is 12.5. The molecule has 11 heteroatoms. The van der Waals surface area contributed by atoms with E-state index >= 15 is 0 Å². The number of hydrogen-bond acceptors (Lipinski definition) is 5. The highest BCUT2D eigenvalue weighted by atomic mass is 19.1. The van der Waals surface area contributed by atoms with Gasteiger partial charge >= 0.3 is 5.97 Å². The Morgan fingerprint density at radius 3 is 2.45 bits per heavy atom. The van der Waals surface area contributed by atoms with Crippen molar-refractivity contribution in [1.29, 1.82) is 0 Å². The predicted molar refractivity (Wildman–Crippen MR) is 148 cm³/mol. The molecule has 4 aromatic rings. The van der Waals surface area contributed by atoms with Crippen LogP contribution >= 0.6 is 0 Å². The maximum Gasteiger partial charge on any atom is 0.356 e. The Hall–Kier alpha value is -4.64. The smallest absolute Gasteiger partial charge is 0.356 e. The van der Waals surface area contributed by atoms with Gasteiger partial charge in [-0.05, 0) is 30.5 Å². The Morgan fingerprint density at radius 1 is 1.00 bits per heavy atom. The lowest BCUT2D eigenvalue weighted by Crippen LogP contribution is -2.30. The van der Waals surface area contributed by atoms with Crippen molar-refractivity contribution in [1.82, 2.24) is 9.88 Å². The zero-order valence-electron chi connectivity index (χ0n) is 22.3. The Labute approximate surface area is 238 Å². The molecule has 1 aliphatic heterocycles. The SMILES string of the molecule is O=C(O)c1c(OCc2ccccc2)c(=O)c(CNCc2c(F)cc(F)cc2F)cn1[C@@H]1CCc2c(F)cccc2NC1. The largest absolute Gasteiger partial charge is 0.482 e. The van der Waals surface area contributed by atoms with Crippen LogP contribution in [0.4, 0.5) is 23.2 Å². The molecule has 5 rings (SSSR count). The van der Waals surface area contributed by atoms with Crippen LogP contribution in [0.15, 0.2) is 71.7 Å². The molecule has 7 nitrogen and oxygen atoms in total. The number of fused-ring (bicyclic) bond motifs is 1. The lowest BCUT2D eigenvalue weighted by atomic mass is 10.0. The molecule has 0 amide bonds. The molecule has 0 spiro atoms. The molecule has 0 saturated heterocycles. The van der Waals surface area contributed by atoms with Gasteiger partial charge in [0.05, 0.1) is 6.04 Å². The number of aromatic carboxylic acids is 1. The highest BCUT2D eigenvalue weighted by Gasteiger charge is 2.28. The number of aromatic nitrogens is 1. The highest BCUT2D eigenvalue weighted by Crippen LogP contribution is 2.30. The third-order valence-corrected chi connectivity index (χ3v) is 7.19. The van der Waals surface area contributed by atoms with Crippen LogP contribution in [0.2, 0.25) is 0 Å². The molecule has 3 N–H and O–H groups in total. The normalized spacial score (nSPS) is 14.5. The summed E-state index contributed by atoms with van der Waals surface area (Å²) in [6.45, 7) is -0.418. The first-order valence-electron chi connectivity index (χ1n) is 13.3. The second-order valence-electron chi connectivity index (χ2n) is 9.94. The third kappa shape index (κ3) is 6.15.